The molecule has 2 nitrogen and oxygen atoms in total. The lowest BCUT2D eigenvalue weighted by Gasteiger charge is -2.45. The van der Waals surface area contributed by atoms with Crippen molar-refractivity contribution in [3.8, 4) is 0 Å². The minimum Gasteiger partial charge on any atom is -0.330 e. The van der Waals surface area contributed by atoms with Crippen LogP contribution in [0, 0.1) is 17.8 Å². The second-order valence-corrected chi connectivity index (χ2v) is 4.34. The molecule has 2 unspecified atom stereocenters. The van der Waals surface area contributed by atoms with Gasteiger partial charge in [0.1, 0.15) is 0 Å². The third-order valence-electron chi connectivity index (χ3n) is 3.42. The van der Waals surface area contributed by atoms with Crippen molar-refractivity contribution < 1.29 is 8.78 Å². The van der Waals surface area contributed by atoms with Crippen LogP contribution in [0.5, 0.6) is 0 Å². The van der Waals surface area contributed by atoms with Gasteiger partial charge in [-0.3, -0.25) is 0 Å². The van der Waals surface area contributed by atoms with Gasteiger partial charge in [0.05, 0.1) is 0 Å². The summed E-state index contributed by atoms with van der Waals surface area (Å²) in [5, 5.41) is 3.20. The zero-order valence-corrected chi connectivity index (χ0v) is 7.60. The average molecular weight is 190 g/mol. The molecule has 2 rings (SSSR count). The number of hydrogen-bond acceptors (Lipinski definition) is 2. The fraction of sp³-hybridized carbons (Fsp3) is 1.00. The smallest absolute Gasteiger partial charge is 0.248 e. The molecule has 4 heteroatoms. The molecule has 13 heavy (non-hydrogen) atoms. The Kier molecular flexibility index (Phi) is 2.28. The van der Waals surface area contributed by atoms with Gasteiger partial charge in [-0.2, -0.15) is 0 Å². The Bertz CT molecular complexity index is 180. The Morgan fingerprint density at radius 1 is 1.23 bits per heavy atom. The first kappa shape index (κ1) is 9.34. The Hall–Kier alpha value is -0.220. The Labute approximate surface area is 76.9 Å². The summed E-state index contributed by atoms with van der Waals surface area (Å²) in [5.74, 6) is -1.94. The Balaban J connectivity index is 2.12. The average Bonchev–Trinajstić information content (AvgIpc) is 2.01. The topological polar surface area (TPSA) is 38.0 Å². The van der Waals surface area contributed by atoms with Crippen LogP contribution in [0.4, 0.5) is 8.78 Å². The number of nitrogens with two attached hydrogens (primary N) is 1. The van der Waals surface area contributed by atoms with Crippen LogP contribution in [0.15, 0.2) is 0 Å². The van der Waals surface area contributed by atoms with Crippen molar-refractivity contribution in [2.24, 2.45) is 23.5 Å². The lowest BCUT2D eigenvalue weighted by atomic mass is 9.68. The van der Waals surface area contributed by atoms with Gasteiger partial charge >= 0.3 is 0 Å². The van der Waals surface area contributed by atoms with E-state index in [4.69, 9.17) is 5.73 Å². The molecular weight excluding hydrogens is 174 g/mol. The minimum atomic E-state index is -2.44. The molecule has 0 spiro atoms. The maximum atomic E-state index is 13.2. The number of alkyl halides is 2. The summed E-state index contributed by atoms with van der Waals surface area (Å²) in [4.78, 5) is 0. The van der Waals surface area contributed by atoms with E-state index in [-0.39, 0.29) is 24.7 Å². The predicted octanol–water partition coefficient (Wildman–Crippen LogP) is 0.826. The van der Waals surface area contributed by atoms with Crippen molar-refractivity contribution in [2.75, 3.05) is 19.6 Å². The third kappa shape index (κ3) is 1.70. The van der Waals surface area contributed by atoms with Crippen LogP contribution in [0.2, 0.25) is 0 Å². The molecule has 2 aliphatic rings. The largest absolute Gasteiger partial charge is 0.330 e. The van der Waals surface area contributed by atoms with E-state index in [2.05, 4.69) is 5.32 Å². The summed E-state index contributed by atoms with van der Waals surface area (Å²) >= 11 is 0. The van der Waals surface area contributed by atoms with E-state index in [1.165, 1.54) is 0 Å². The summed E-state index contributed by atoms with van der Waals surface area (Å²) in [7, 11) is 0. The number of fused-ring (bicyclic) bond motifs is 2. The highest BCUT2D eigenvalue weighted by Gasteiger charge is 2.47. The van der Waals surface area contributed by atoms with E-state index < -0.39 is 5.92 Å². The molecule has 2 bridgehead atoms. The van der Waals surface area contributed by atoms with Gasteiger partial charge < -0.3 is 11.1 Å². The fourth-order valence-electron chi connectivity index (χ4n) is 2.82. The van der Waals surface area contributed by atoms with Crippen LogP contribution in [0.3, 0.4) is 0 Å². The fourth-order valence-corrected chi connectivity index (χ4v) is 2.82. The maximum Gasteiger partial charge on any atom is 0.248 e. The van der Waals surface area contributed by atoms with Gasteiger partial charge in [-0.05, 0) is 37.4 Å². The predicted molar refractivity (Wildman–Crippen MR) is 46.6 cm³/mol. The van der Waals surface area contributed by atoms with Crippen molar-refractivity contribution in [1.29, 1.82) is 0 Å². The molecule has 1 saturated carbocycles. The van der Waals surface area contributed by atoms with Gasteiger partial charge in [-0.1, -0.05) is 0 Å². The summed E-state index contributed by atoms with van der Waals surface area (Å²) < 4.78 is 26.3. The van der Waals surface area contributed by atoms with Crippen LogP contribution < -0.4 is 11.1 Å². The lowest BCUT2D eigenvalue weighted by Crippen LogP contribution is -2.53. The molecule has 2 fully saturated rings. The van der Waals surface area contributed by atoms with E-state index in [9.17, 15) is 8.78 Å². The van der Waals surface area contributed by atoms with Gasteiger partial charge in [0.25, 0.3) is 0 Å². The van der Waals surface area contributed by atoms with Crippen molar-refractivity contribution in [1.82, 2.24) is 5.32 Å². The molecule has 1 saturated heterocycles. The summed E-state index contributed by atoms with van der Waals surface area (Å²) in [6.45, 7) is 2.00. The minimum absolute atomic E-state index is 0.0262. The molecule has 1 aliphatic heterocycles. The summed E-state index contributed by atoms with van der Waals surface area (Å²) in [6, 6.07) is 0. The van der Waals surface area contributed by atoms with Gasteiger partial charge in [0.2, 0.25) is 5.92 Å². The SMILES string of the molecule is NCC1C2CNCC1CC(F)(F)C2. The van der Waals surface area contributed by atoms with Crippen molar-refractivity contribution >= 4 is 0 Å². The molecule has 0 amide bonds. The van der Waals surface area contributed by atoms with Gasteiger partial charge in [-0.25, -0.2) is 8.78 Å². The highest BCUT2D eigenvalue weighted by Crippen LogP contribution is 2.44. The van der Waals surface area contributed by atoms with Crippen LogP contribution in [0.25, 0.3) is 0 Å². The third-order valence-corrected chi connectivity index (χ3v) is 3.42. The summed E-state index contributed by atoms with van der Waals surface area (Å²) in [5.41, 5.74) is 5.61. The van der Waals surface area contributed by atoms with Gasteiger partial charge in [0.15, 0.2) is 0 Å². The molecule has 76 valence electrons. The Morgan fingerprint density at radius 3 is 2.23 bits per heavy atom. The summed E-state index contributed by atoms with van der Waals surface area (Å²) in [6.07, 6.45) is 0.0523. The van der Waals surface area contributed by atoms with Gasteiger partial charge in [0, 0.05) is 12.8 Å². The second kappa shape index (κ2) is 3.17. The van der Waals surface area contributed by atoms with Crippen LogP contribution in [-0.2, 0) is 0 Å². The lowest BCUT2D eigenvalue weighted by molar-refractivity contribution is -0.102. The van der Waals surface area contributed by atoms with E-state index >= 15 is 0 Å². The first-order valence-corrected chi connectivity index (χ1v) is 4.91. The molecule has 0 radical (unpaired) electrons. The highest BCUT2D eigenvalue weighted by molar-refractivity contribution is 4.95. The zero-order valence-electron chi connectivity index (χ0n) is 7.60. The van der Waals surface area contributed by atoms with Crippen molar-refractivity contribution in [3.05, 3.63) is 0 Å². The van der Waals surface area contributed by atoms with Crippen LogP contribution in [-0.4, -0.2) is 25.6 Å². The van der Waals surface area contributed by atoms with Crippen LogP contribution >= 0.6 is 0 Å². The number of piperidine rings is 1. The highest BCUT2D eigenvalue weighted by atomic mass is 19.3. The first-order valence-electron chi connectivity index (χ1n) is 4.91. The van der Waals surface area contributed by atoms with E-state index in [0.29, 0.717) is 25.6 Å². The van der Waals surface area contributed by atoms with Crippen molar-refractivity contribution in [2.45, 2.75) is 18.8 Å². The quantitative estimate of drug-likeness (QED) is 0.642. The first-order chi connectivity index (χ1) is 6.12. The number of nitrogens with one attached hydrogen (secondary N) is 1. The van der Waals surface area contributed by atoms with E-state index in [0.717, 1.165) is 0 Å². The molecule has 3 N–H and O–H groups in total. The monoisotopic (exact) mass is 190 g/mol. The van der Waals surface area contributed by atoms with Crippen LogP contribution in [0.1, 0.15) is 12.8 Å². The molecule has 2 atom stereocenters. The molecule has 0 aromatic heterocycles. The normalized spacial score (nSPS) is 43.2. The molecule has 0 aromatic rings. The number of rotatable bonds is 1. The van der Waals surface area contributed by atoms with E-state index in [1.807, 2.05) is 0 Å². The zero-order chi connectivity index (χ0) is 9.47. The Morgan fingerprint density at radius 2 is 1.77 bits per heavy atom. The molecule has 0 aromatic carbocycles. The molecule has 1 aliphatic carbocycles. The number of hydrogen-bond donors (Lipinski definition) is 2. The second-order valence-electron chi connectivity index (χ2n) is 4.34. The number of halogens is 2. The van der Waals surface area contributed by atoms with Gasteiger partial charge in [-0.15, -0.1) is 0 Å². The molecular formula is C9H16F2N2. The van der Waals surface area contributed by atoms with Crippen molar-refractivity contribution in [3.63, 3.8) is 0 Å². The maximum absolute atomic E-state index is 13.2. The standard InChI is InChI=1S/C9H16F2N2/c10-9(11)1-6-4-13-5-7(2-9)8(6)3-12/h6-8,13H,1-5,12H2. The van der Waals surface area contributed by atoms with E-state index in [1.54, 1.807) is 0 Å². The molecule has 1 heterocycles.